The standard InChI is InChI=1S/C14H22N2O/c1-10-4-5-13(12(3)6-10)9-16-14(17)7-11(2)8-15/h4-6,11H,7-9,15H2,1-3H3,(H,16,17). The molecule has 0 heterocycles. The van der Waals surface area contributed by atoms with Crippen molar-refractivity contribution >= 4 is 5.91 Å². The molecule has 0 fully saturated rings. The van der Waals surface area contributed by atoms with E-state index in [0.717, 1.165) is 0 Å². The van der Waals surface area contributed by atoms with Crippen LogP contribution in [0.2, 0.25) is 0 Å². The van der Waals surface area contributed by atoms with Crippen LogP contribution in [0.4, 0.5) is 0 Å². The Morgan fingerprint density at radius 1 is 1.41 bits per heavy atom. The molecular formula is C14H22N2O. The van der Waals surface area contributed by atoms with Gasteiger partial charge in [-0.2, -0.15) is 0 Å². The molecule has 0 saturated carbocycles. The summed E-state index contributed by atoms with van der Waals surface area (Å²) >= 11 is 0. The van der Waals surface area contributed by atoms with Crippen LogP contribution in [-0.4, -0.2) is 12.5 Å². The number of nitrogens with one attached hydrogen (secondary N) is 1. The lowest BCUT2D eigenvalue weighted by Crippen LogP contribution is -2.26. The van der Waals surface area contributed by atoms with Crippen LogP contribution in [0.3, 0.4) is 0 Å². The van der Waals surface area contributed by atoms with E-state index in [4.69, 9.17) is 5.73 Å². The molecule has 17 heavy (non-hydrogen) atoms. The minimum atomic E-state index is 0.0722. The minimum Gasteiger partial charge on any atom is -0.352 e. The number of nitrogens with two attached hydrogens (primary N) is 1. The van der Waals surface area contributed by atoms with E-state index in [1.807, 2.05) is 6.92 Å². The topological polar surface area (TPSA) is 55.1 Å². The highest BCUT2D eigenvalue weighted by molar-refractivity contribution is 5.76. The number of aryl methyl sites for hydroxylation is 2. The summed E-state index contributed by atoms with van der Waals surface area (Å²) in [6.45, 7) is 7.27. The molecule has 1 aromatic rings. The second-order valence-corrected chi connectivity index (χ2v) is 4.75. The Labute approximate surface area is 103 Å². The van der Waals surface area contributed by atoms with Gasteiger partial charge in [0.05, 0.1) is 0 Å². The maximum atomic E-state index is 11.6. The van der Waals surface area contributed by atoms with Crippen LogP contribution in [0.15, 0.2) is 18.2 Å². The largest absolute Gasteiger partial charge is 0.352 e. The molecule has 3 N–H and O–H groups in total. The van der Waals surface area contributed by atoms with Gasteiger partial charge < -0.3 is 11.1 Å². The zero-order valence-electron chi connectivity index (χ0n) is 10.9. The number of carbonyl (C=O) groups excluding carboxylic acids is 1. The number of benzene rings is 1. The molecule has 1 aromatic carbocycles. The van der Waals surface area contributed by atoms with Crippen molar-refractivity contribution in [3.05, 3.63) is 34.9 Å². The van der Waals surface area contributed by atoms with Crippen molar-refractivity contribution in [1.29, 1.82) is 0 Å². The van der Waals surface area contributed by atoms with Gasteiger partial charge in [-0.15, -0.1) is 0 Å². The van der Waals surface area contributed by atoms with Crippen LogP contribution < -0.4 is 11.1 Å². The molecule has 3 heteroatoms. The molecular weight excluding hydrogens is 212 g/mol. The first-order chi connectivity index (χ1) is 8.02. The van der Waals surface area contributed by atoms with Gasteiger partial charge in [0.25, 0.3) is 0 Å². The monoisotopic (exact) mass is 234 g/mol. The van der Waals surface area contributed by atoms with E-state index >= 15 is 0 Å². The van der Waals surface area contributed by atoms with Gasteiger partial charge in [-0.1, -0.05) is 30.7 Å². The lowest BCUT2D eigenvalue weighted by atomic mass is 10.1. The first-order valence-electron chi connectivity index (χ1n) is 6.05. The summed E-state index contributed by atoms with van der Waals surface area (Å²) in [7, 11) is 0. The SMILES string of the molecule is Cc1ccc(CNC(=O)CC(C)CN)c(C)c1. The van der Waals surface area contributed by atoms with E-state index in [0.29, 0.717) is 19.5 Å². The Hall–Kier alpha value is -1.35. The Bertz CT molecular complexity index is 388. The number of amides is 1. The molecule has 0 aromatic heterocycles. The van der Waals surface area contributed by atoms with Crippen LogP contribution in [0.1, 0.15) is 30.0 Å². The van der Waals surface area contributed by atoms with Gasteiger partial charge in [-0.3, -0.25) is 4.79 Å². The lowest BCUT2D eigenvalue weighted by molar-refractivity contribution is -0.122. The van der Waals surface area contributed by atoms with E-state index in [1.165, 1.54) is 16.7 Å². The highest BCUT2D eigenvalue weighted by atomic mass is 16.1. The van der Waals surface area contributed by atoms with Crippen LogP contribution in [0.25, 0.3) is 0 Å². The predicted molar refractivity (Wildman–Crippen MR) is 70.6 cm³/mol. The Kier molecular flexibility index (Phi) is 5.16. The van der Waals surface area contributed by atoms with Crippen LogP contribution in [-0.2, 0) is 11.3 Å². The maximum Gasteiger partial charge on any atom is 0.220 e. The summed E-state index contributed by atoms with van der Waals surface area (Å²) in [6, 6.07) is 6.26. The second-order valence-electron chi connectivity index (χ2n) is 4.75. The van der Waals surface area contributed by atoms with Gasteiger partial charge in [-0.25, -0.2) is 0 Å². The fourth-order valence-corrected chi connectivity index (χ4v) is 1.71. The summed E-state index contributed by atoms with van der Waals surface area (Å²) in [5.74, 6) is 0.317. The molecule has 0 aliphatic rings. The number of hydrogen-bond donors (Lipinski definition) is 2. The highest BCUT2D eigenvalue weighted by Gasteiger charge is 2.07. The van der Waals surface area contributed by atoms with E-state index < -0.39 is 0 Å². The molecule has 0 aliphatic carbocycles. The normalized spacial score (nSPS) is 12.2. The van der Waals surface area contributed by atoms with Gasteiger partial charge in [0.15, 0.2) is 0 Å². The lowest BCUT2D eigenvalue weighted by Gasteiger charge is -2.11. The van der Waals surface area contributed by atoms with Gasteiger partial charge in [0, 0.05) is 13.0 Å². The molecule has 0 radical (unpaired) electrons. The molecule has 94 valence electrons. The third kappa shape index (κ3) is 4.57. The minimum absolute atomic E-state index is 0.0722. The molecule has 0 aliphatic heterocycles. The fourth-order valence-electron chi connectivity index (χ4n) is 1.71. The smallest absolute Gasteiger partial charge is 0.220 e. The van der Waals surface area contributed by atoms with E-state index in [1.54, 1.807) is 0 Å². The number of hydrogen-bond acceptors (Lipinski definition) is 2. The van der Waals surface area contributed by atoms with Gasteiger partial charge >= 0.3 is 0 Å². The molecule has 1 amide bonds. The molecule has 0 saturated heterocycles. The van der Waals surface area contributed by atoms with E-state index in [9.17, 15) is 4.79 Å². The van der Waals surface area contributed by atoms with Crippen molar-refractivity contribution in [2.75, 3.05) is 6.54 Å². The maximum absolute atomic E-state index is 11.6. The van der Waals surface area contributed by atoms with Crippen molar-refractivity contribution in [1.82, 2.24) is 5.32 Å². The van der Waals surface area contributed by atoms with Gasteiger partial charge in [-0.05, 0) is 37.4 Å². The third-order valence-corrected chi connectivity index (χ3v) is 2.91. The Balaban J connectivity index is 2.47. The molecule has 0 spiro atoms. The van der Waals surface area contributed by atoms with Gasteiger partial charge in [0.2, 0.25) is 5.91 Å². The number of carbonyl (C=O) groups is 1. The van der Waals surface area contributed by atoms with Crippen molar-refractivity contribution < 1.29 is 4.79 Å². The first-order valence-corrected chi connectivity index (χ1v) is 6.05. The summed E-state index contributed by atoms with van der Waals surface area (Å²) in [6.07, 6.45) is 0.501. The van der Waals surface area contributed by atoms with Crippen molar-refractivity contribution in [2.45, 2.75) is 33.7 Å². The van der Waals surface area contributed by atoms with Gasteiger partial charge in [0.1, 0.15) is 0 Å². The van der Waals surface area contributed by atoms with Crippen LogP contribution in [0, 0.1) is 19.8 Å². The molecule has 3 nitrogen and oxygen atoms in total. The molecule has 1 atom stereocenters. The average Bonchev–Trinajstić information content (AvgIpc) is 2.27. The molecule has 1 unspecified atom stereocenters. The summed E-state index contributed by atoms with van der Waals surface area (Å²) in [5.41, 5.74) is 9.12. The van der Waals surface area contributed by atoms with Crippen LogP contribution >= 0.6 is 0 Å². The molecule has 1 rings (SSSR count). The first kappa shape index (κ1) is 13.7. The summed E-state index contributed by atoms with van der Waals surface area (Å²) in [4.78, 5) is 11.6. The third-order valence-electron chi connectivity index (χ3n) is 2.91. The highest BCUT2D eigenvalue weighted by Crippen LogP contribution is 2.10. The zero-order chi connectivity index (χ0) is 12.8. The summed E-state index contributed by atoms with van der Waals surface area (Å²) in [5, 5.41) is 2.93. The summed E-state index contributed by atoms with van der Waals surface area (Å²) < 4.78 is 0. The van der Waals surface area contributed by atoms with Crippen molar-refractivity contribution in [3.8, 4) is 0 Å². The van der Waals surface area contributed by atoms with E-state index in [2.05, 4.69) is 37.4 Å². The second kappa shape index (κ2) is 6.40. The molecule has 0 bridgehead atoms. The quantitative estimate of drug-likeness (QED) is 0.817. The fraction of sp³-hybridized carbons (Fsp3) is 0.500. The van der Waals surface area contributed by atoms with Crippen molar-refractivity contribution in [3.63, 3.8) is 0 Å². The van der Waals surface area contributed by atoms with Crippen molar-refractivity contribution in [2.24, 2.45) is 11.7 Å². The Morgan fingerprint density at radius 3 is 2.71 bits per heavy atom. The van der Waals surface area contributed by atoms with E-state index in [-0.39, 0.29) is 11.8 Å². The Morgan fingerprint density at radius 2 is 2.12 bits per heavy atom. The van der Waals surface area contributed by atoms with Crippen LogP contribution in [0.5, 0.6) is 0 Å². The predicted octanol–water partition coefficient (Wildman–Crippen LogP) is 1.90. The average molecular weight is 234 g/mol. The zero-order valence-corrected chi connectivity index (χ0v) is 10.9. The number of rotatable bonds is 5.